The van der Waals surface area contributed by atoms with Crippen LogP contribution in [0.3, 0.4) is 0 Å². The van der Waals surface area contributed by atoms with Crippen molar-refractivity contribution in [2.75, 3.05) is 0 Å². The molecular weight excluding hydrogens is 300 g/mol. The van der Waals surface area contributed by atoms with Gasteiger partial charge in [-0.1, -0.05) is 50.6 Å². The summed E-state index contributed by atoms with van der Waals surface area (Å²) in [5, 5.41) is 7.59. The van der Waals surface area contributed by atoms with Gasteiger partial charge in [-0.3, -0.25) is 0 Å². The van der Waals surface area contributed by atoms with Gasteiger partial charge in [0.2, 0.25) is 0 Å². The molecular formula is C17H23ClN2S. The number of aromatic nitrogens is 1. The summed E-state index contributed by atoms with van der Waals surface area (Å²) in [5.41, 5.74) is 2.28. The summed E-state index contributed by atoms with van der Waals surface area (Å²) in [6, 6.07) is 8.38. The van der Waals surface area contributed by atoms with Gasteiger partial charge in [0.1, 0.15) is 5.01 Å². The van der Waals surface area contributed by atoms with Gasteiger partial charge in [-0.25, -0.2) is 4.98 Å². The van der Waals surface area contributed by atoms with Crippen LogP contribution in [0.2, 0.25) is 5.02 Å². The molecule has 0 fully saturated rings. The first-order valence-corrected chi connectivity index (χ1v) is 8.51. The zero-order chi connectivity index (χ0) is 15.6. The second kappa shape index (κ2) is 6.47. The SMILES string of the molecule is CC(C)NC(c1nc(C(C)(C)C)cs1)c1ccccc1Cl. The first kappa shape index (κ1) is 16.5. The van der Waals surface area contributed by atoms with E-state index < -0.39 is 0 Å². The number of nitrogens with one attached hydrogen (secondary N) is 1. The van der Waals surface area contributed by atoms with Crippen LogP contribution in [0, 0.1) is 0 Å². The van der Waals surface area contributed by atoms with Crippen LogP contribution in [0.15, 0.2) is 29.6 Å². The minimum atomic E-state index is 0.0415. The van der Waals surface area contributed by atoms with Crippen molar-refractivity contribution in [2.24, 2.45) is 0 Å². The van der Waals surface area contributed by atoms with Crippen LogP contribution < -0.4 is 5.32 Å². The second-order valence-corrected chi connectivity index (χ2v) is 7.89. The molecule has 1 unspecified atom stereocenters. The largest absolute Gasteiger partial charge is 0.302 e. The van der Waals surface area contributed by atoms with Crippen molar-refractivity contribution in [3.8, 4) is 0 Å². The molecule has 0 amide bonds. The molecule has 0 saturated heterocycles. The Morgan fingerprint density at radius 1 is 1.19 bits per heavy atom. The molecule has 1 aromatic carbocycles. The van der Waals surface area contributed by atoms with E-state index in [0.717, 1.165) is 21.3 Å². The molecule has 1 aromatic heterocycles. The molecule has 0 aliphatic heterocycles. The molecule has 0 aliphatic rings. The normalized spacial score (nSPS) is 13.7. The third kappa shape index (κ3) is 4.06. The molecule has 0 spiro atoms. The Morgan fingerprint density at radius 3 is 2.38 bits per heavy atom. The lowest BCUT2D eigenvalue weighted by Crippen LogP contribution is -2.29. The Labute approximate surface area is 136 Å². The van der Waals surface area contributed by atoms with E-state index in [9.17, 15) is 0 Å². The summed E-state index contributed by atoms with van der Waals surface area (Å²) < 4.78 is 0. The number of rotatable bonds is 4. The van der Waals surface area contributed by atoms with Crippen molar-refractivity contribution >= 4 is 22.9 Å². The van der Waals surface area contributed by atoms with Gasteiger partial charge >= 0.3 is 0 Å². The van der Waals surface area contributed by atoms with Crippen LogP contribution in [-0.4, -0.2) is 11.0 Å². The van der Waals surface area contributed by atoms with E-state index in [1.54, 1.807) is 11.3 Å². The molecule has 2 nitrogen and oxygen atoms in total. The fraction of sp³-hybridized carbons (Fsp3) is 0.471. The molecule has 0 aliphatic carbocycles. The maximum atomic E-state index is 6.39. The van der Waals surface area contributed by atoms with Crippen LogP contribution in [0.5, 0.6) is 0 Å². The van der Waals surface area contributed by atoms with E-state index >= 15 is 0 Å². The van der Waals surface area contributed by atoms with Crippen molar-refractivity contribution < 1.29 is 0 Å². The Kier molecular flexibility index (Phi) is 5.07. The predicted octanol–water partition coefficient (Wildman–Crippen LogP) is 5.18. The fourth-order valence-corrected chi connectivity index (χ4v) is 3.47. The average Bonchev–Trinajstić information content (AvgIpc) is 2.86. The molecule has 1 atom stereocenters. The zero-order valence-corrected chi connectivity index (χ0v) is 14.8. The van der Waals surface area contributed by atoms with Crippen LogP contribution in [0.25, 0.3) is 0 Å². The molecule has 21 heavy (non-hydrogen) atoms. The summed E-state index contributed by atoms with van der Waals surface area (Å²) in [7, 11) is 0. The van der Waals surface area contributed by atoms with Gasteiger partial charge in [0.15, 0.2) is 0 Å². The minimum Gasteiger partial charge on any atom is -0.302 e. The highest BCUT2D eigenvalue weighted by atomic mass is 35.5. The van der Waals surface area contributed by atoms with Crippen molar-refractivity contribution in [2.45, 2.75) is 52.1 Å². The highest BCUT2D eigenvalue weighted by molar-refractivity contribution is 7.09. The average molecular weight is 323 g/mol. The van der Waals surface area contributed by atoms with Crippen LogP contribution in [0.1, 0.15) is 56.9 Å². The molecule has 0 saturated carbocycles. The van der Waals surface area contributed by atoms with Gasteiger partial charge in [0.25, 0.3) is 0 Å². The molecule has 1 N–H and O–H groups in total. The molecule has 4 heteroatoms. The molecule has 1 heterocycles. The van der Waals surface area contributed by atoms with Gasteiger partial charge in [-0.15, -0.1) is 11.3 Å². The lowest BCUT2D eigenvalue weighted by Gasteiger charge is -2.21. The minimum absolute atomic E-state index is 0.0415. The topological polar surface area (TPSA) is 24.9 Å². The van der Waals surface area contributed by atoms with Crippen LogP contribution >= 0.6 is 22.9 Å². The van der Waals surface area contributed by atoms with E-state index in [-0.39, 0.29) is 11.5 Å². The van der Waals surface area contributed by atoms with Gasteiger partial charge in [0.05, 0.1) is 11.7 Å². The Balaban J connectivity index is 2.42. The van der Waals surface area contributed by atoms with Crippen LogP contribution in [0.4, 0.5) is 0 Å². The standard InChI is InChI=1S/C17H23ClN2S/c1-11(2)19-15(12-8-6-7-9-13(12)18)16-20-14(10-21-16)17(3,4)5/h6-11,15,19H,1-5H3. The van der Waals surface area contributed by atoms with E-state index in [2.05, 4.69) is 51.4 Å². The molecule has 0 bridgehead atoms. The monoisotopic (exact) mass is 322 g/mol. The number of benzene rings is 1. The van der Waals surface area contributed by atoms with Crippen molar-refractivity contribution in [3.63, 3.8) is 0 Å². The van der Waals surface area contributed by atoms with E-state index in [0.29, 0.717) is 6.04 Å². The Hall–Kier alpha value is -0.900. The predicted molar refractivity (Wildman–Crippen MR) is 92.4 cm³/mol. The van der Waals surface area contributed by atoms with E-state index in [1.165, 1.54) is 0 Å². The summed E-state index contributed by atoms with van der Waals surface area (Å²) in [6.45, 7) is 10.8. The fourth-order valence-electron chi connectivity index (χ4n) is 2.10. The number of hydrogen-bond acceptors (Lipinski definition) is 3. The number of halogens is 1. The lowest BCUT2D eigenvalue weighted by atomic mass is 9.93. The molecule has 0 radical (unpaired) electrons. The highest BCUT2D eigenvalue weighted by Crippen LogP contribution is 2.33. The van der Waals surface area contributed by atoms with Gasteiger partial charge in [-0.05, 0) is 25.5 Å². The summed E-state index contributed by atoms with van der Waals surface area (Å²) in [5.74, 6) is 0. The zero-order valence-electron chi connectivity index (χ0n) is 13.3. The Morgan fingerprint density at radius 2 is 1.86 bits per heavy atom. The van der Waals surface area contributed by atoms with Crippen molar-refractivity contribution in [1.29, 1.82) is 0 Å². The van der Waals surface area contributed by atoms with Gasteiger partial charge in [-0.2, -0.15) is 0 Å². The van der Waals surface area contributed by atoms with E-state index in [4.69, 9.17) is 16.6 Å². The summed E-state index contributed by atoms with van der Waals surface area (Å²) in [4.78, 5) is 4.85. The first-order chi connectivity index (χ1) is 9.79. The molecule has 2 rings (SSSR count). The van der Waals surface area contributed by atoms with Gasteiger partial charge in [0, 0.05) is 21.9 Å². The lowest BCUT2D eigenvalue weighted by molar-refractivity contribution is 0.519. The molecule has 114 valence electrons. The van der Waals surface area contributed by atoms with Gasteiger partial charge < -0.3 is 5.32 Å². The first-order valence-electron chi connectivity index (χ1n) is 7.25. The third-order valence-corrected chi connectivity index (χ3v) is 4.51. The smallest absolute Gasteiger partial charge is 0.114 e. The maximum absolute atomic E-state index is 6.39. The summed E-state index contributed by atoms with van der Waals surface area (Å²) in [6.07, 6.45) is 0. The molecule has 2 aromatic rings. The maximum Gasteiger partial charge on any atom is 0.114 e. The highest BCUT2D eigenvalue weighted by Gasteiger charge is 2.24. The van der Waals surface area contributed by atoms with Crippen molar-refractivity contribution in [1.82, 2.24) is 10.3 Å². The second-order valence-electron chi connectivity index (χ2n) is 6.60. The number of thiazole rings is 1. The summed E-state index contributed by atoms with van der Waals surface area (Å²) >= 11 is 8.08. The van der Waals surface area contributed by atoms with Crippen molar-refractivity contribution in [3.05, 3.63) is 50.9 Å². The third-order valence-electron chi connectivity index (χ3n) is 3.25. The number of hydrogen-bond donors (Lipinski definition) is 1. The Bertz CT molecular complexity index is 599. The quantitative estimate of drug-likeness (QED) is 0.838. The van der Waals surface area contributed by atoms with Crippen LogP contribution in [-0.2, 0) is 5.41 Å². The number of nitrogens with zero attached hydrogens (tertiary/aromatic N) is 1. The van der Waals surface area contributed by atoms with E-state index in [1.807, 2.05) is 18.2 Å².